The maximum Gasteiger partial charge on any atom is 0.311 e. The second-order valence-electron chi connectivity index (χ2n) is 4.94. The first kappa shape index (κ1) is 13.9. The quantitative estimate of drug-likeness (QED) is 0.891. The number of nitrogens with one attached hydrogen (secondary N) is 1. The van der Waals surface area contributed by atoms with Crippen molar-refractivity contribution < 1.29 is 19.1 Å². The van der Waals surface area contributed by atoms with Crippen LogP contribution in [0.25, 0.3) is 0 Å². The first-order chi connectivity index (χ1) is 9.05. The van der Waals surface area contributed by atoms with E-state index in [0.717, 1.165) is 19.3 Å². The summed E-state index contributed by atoms with van der Waals surface area (Å²) >= 11 is 5.71. The van der Waals surface area contributed by atoms with E-state index in [1.54, 1.807) is 0 Å². The normalized spacial score (nSPS) is 17.9. The van der Waals surface area contributed by atoms with E-state index < -0.39 is 17.3 Å². The fourth-order valence-corrected chi connectivity index (χ4v) is 2.70. The van der Waals surface area contributed by atoms with Crippen LogP contribution in [-0.4, -0.2) is 23.5 Å². The lowest BCUT2D eigenvalue weighted by Gasteiger charge is -2.33. The number of amides is 1. The van der Waals surface area contributed by atoms with Gasteiger partial charge in [0.25, 0.3) is 5.91 Å². The number of carboxylic acid groups (broad SMARTS) is 1. The Kier molecular flexibility index (Phi) is 4.14. The molecule has 0 atom stereocenters. The van der Waals surface area contributed by atoms with Crippen molar-refractivity contribution >= 4 is 23.5 Å². The Bertz CT molecular complexity index is 477. The smallest absolute Gasteiger partial charge is 0.311 e. The lowest BCUT2D eigenvalue weighted by molar-refractivity contribution is -0.150. The molecule has 0 radical (unpaired) electrons. The molecule has 6 heteroatoms. The van der Waals surface area contributed by atoms with Crippen LogP contribution in [-0.2, 0) is 4.79 Å². The van der Waals surface area contributed by atoms with Gasteiger partial charge >= 0.3 is 5.97 Å². The van der Waals surface area contributed by atoms with Gasteiger partial charge < -0.3 is 14.8 Å². The molecule has 0 aromatic carbocycles. The second kappa shape index (κ2) is 5.65. The molecule has 1 aliphatic rings. The summed E-state index contributed by atoms with van der Waals surface area (Å²) in [7, 11) is 0. The van der Waals surface area contributed by atoms with Crippen LogP contribution in [0.2, 0.25) is 5.22 Å². The Morgan fingerprint density at radius 1 is 1.37 bits per heavy atom. The van der Waals surface area contributed by atoms with Gasteiger partial charge in [-0.25, -0.2) is 0 Å². The Morgan fingerprint density at radius 2 is 2.05 bits per heavy atom. The fourth-order valence-electron chi connectivity index (χ4n) is 2.50. The van der Waals surface area contributed by atoms with Gasteiger partial charge in [-0.15, -0.1) is 0 Å². The van der Waals surface area contributed by atoms with E-state index in [2.05, 4.69) is 5.32 Å². The Labute approximate surface area is 115 Å². The van der Waals surface area contributed by atoms with Crippen molar-refractivity contribution in [1.82, 2.24) is 5.32 Å². The zero-order valence-corrected chi connectivity index (χ0v) is 11.2. The number of carbonyl (C=O) groups excluding carboxylic acids is 1. The molecule has 0 unspecified atom stereocenters. The van der Waals surface area contributed by atoms with Crippen LogP contribution >= 0.6 is 11.6 Å². The maximum absolute atomic E-state index is 11.9. The molecule has 1 saturated carbocycles. The molecule has 2 N–H and O–H groups in total. The molecule has 2 rings (SSSR count). The number of halogens is 1. The van der Waals surface area contributed by atoms with Crippen LogP contribution in [0.15, 0.2) is 16.7 Å². The van der Waals surface area contributed by atoms with Gasteiger partial charge in [-0.1, -0.05) is 19.3 Å². The SMILES string of the molecule is O=C(NCC1(C(=O)O)CCCCC1)c1ccoc1Cl. The van der Waals surface area contributed by atoms with Crippen LogP contribution in [0.3, 0.4) is 0 Å². The summed E-state index contributed by atoms with van der Waals surface area (Å²) in [5.41, 5.74) is -0.609. The number of hydrogen-bond acceptors (Lipinski definition) is 3. The predicted molar refractivity (Wildman–Crippen MR) is 69.2 cm³/mol. The molecule has 1 aromatic rings. The minimum atomic E-state index is -0.843. The number of furan rings is 1. The van der Waals surface area contributed by atoms with Gasteiger partial charge in [0.1, 0.15) is 0 Å². The van der Waals surface area contributed by atoms with E-state index in [0.29, 0.717) is 12.8 Å². The summed E-state index contributed by atoms with van der Waals surface area (Å²) in [5.74, 6) is -1.24. The molecule has 19 heavy (non-hydrogen) atoms. The first-order valence-corrected chi connectivity index (χ1v) is 6.67. The predicted octanol–water partition coefficient (Wildman–Crippen LogP) is 2.70. The molecule has 1 fully saturated rings. The highest BCUT2D eigenvalue weighted by atomic mass is 35.5. The zero-order chi connectivity index (χ0) is 13.9. The summed E-state index contributed by atoms with van der Waals surface area (Å²) in [6.07, 6.45) is 5.34. The molecule has 0 saturated heterocycles. The summed E-state index contributed by atoms with van der Waals surface area (Å²) in [4.78, 5) is 23.3. The van der Waals surface area contributed by atoms with Crippen LogP contribution in [0.5, 0.6) is 0 Å². The van der Waals surface area contributed by atoms with E-state index >= 15 is 0 Å². The number of carboxylic acids is 1. The number of aliphatic carboxylic acids is 1. The summed E-state index contributed by atoms with van der Waals surface area (Å²) < 4.78 is 4.84. The minimum Gasteiger partial charge on any atom is -0.481 e. The highest BCUT2D eigenvalue weighted by molar-refractivity contribution is 6.32. The zero-order valence-electron chi connectivity index (χ0n) is 10.4. The topological polar surface area (TPSA) is 79.5 Å². The molecule has 5 nitrogen and oxygen atoms in total. The molecular formula is C13H16ClNO4. The van der Waals surface area contributed by atoms with E-state index in [-0.39, 0.29) is 17.3 Å². The number of carbonyl (C=O) groups is 2. The third-order valence-electron chi connectivity index (χ3n) is 3.71. The lowest BCUT2D eigenvalue weighted by atomic mass is 9.74. The molecule has 1 amide bonds. The van der Waals surface area contributed by atoms with Gasteiger partial charge in [0, 0.05) is 6.54 Å². The van der Waals surface area contributed by atoms with Gasteiger partial charge in [-0.05, 0) is 30.5 Å². The van der Waals surface area contributed by atoms with Crippen LogP contribution in [0.1, 0.15) is 42.5 Å². The molecule has 1 aliphatic carbocycles. The monoisotopic (exact) mass is 285 g/mol. The van der Waals surface area contributed by atoms with Crippen molar-refractivity contribution in [2.75, 3.05) is 6.54 Å². The van der Waals surface area contributed by atoms with Gasteiger partial charge in [0.2, 0.25) is 5.22 Å². The molecule has 104 valence electrons. The van der Waals surface area contributed by atoms with Gasteiger partial charge in [-0.3, -0.25) is 9.59 Å². The van der Waals surface area contributed by atoms with Crippen LogP contribution in [0.4, 0.5) is 0 Å². The molecule has 0 bridgehead atoms. The first-order valence-electron chi connectivity index (χ1n) is 6.30. The van der Waals surface area contributed by atoms with Gasteiger partial charge in [-0.2, -0.15) is 0 Å². The van der Waals surface area contributed by atoms with Gasteiger partial charge in [0.15, 0.2) is 0 Å². The Hall–Kier alpha value is -1.49. The van der Waals surface area contributed by atoms with Crippen molar-refractivity contribution in [2.24, 2.45) is 5.41 Å². The molecular weight excluding hydrogens is 270 g/mol. The van der Waals surface area contributed by atoms with Crippen molar-refractivity contribution in [1.29, 1.82) is 0 Å². The third kappa shape index (κ3) is 2.92. The molecule has 0 spiro atoms. The number of hydrogen-bond donors (Lipinski definition) is 2. The van der Waals surface area contributed by atoms with Crippen LogP contribution in [0, 0.1) is 5.41 Å². The van der Waals surface area contributed by atoms with E-state index in [1.165, 1.54) is 12.3 Å². The standard InChI is InChI=1S/C13H16ClNO4/c14-10-9(4-7-19-10)11(16)15-8-13(12(17)18)5-2-1-3-6-13/h4,7H,1-3,5-6,8H2,(H,15,16)(H,17,18). The minimum absolute atomic E-state index is 0.0190. The summed E-state index contributed by atoms with van der Waals surface area (Å²) in [6.45, 7) is 0.128. The van der Waals surface area contributed by atoms with Crippen molar-refractivity contribution in [3.63, 3.8) is 0 Å². The average Bonchev–Trinajstić information content (AvgIpc) is 2.83. The van der Waals surface area contributed by atoms with Crippen molar-refractivity contribution in [3.05, 3.63) is 23.1 Å². The average molecular weight is 286 g/mol. The van der Waals surface area contributed by atoms with E-state index in [4.69, 9.17) is 16.0 Å². The Balaban J connectivity index is 2.02. The highest BCUT2D eigenvalue weighted by Crippen LogP contribution is 2.36. The second-order valence-corrected chi connectivity index (χ2v) is 5.28. The summed E-state index contributed by atoms with van der Waals surface area (Å²) in [5, 5.41) is 12.1. The lowest BCUT2D eigenvalue weighted by Crippen LogP contribution is -2.44. The fraction of sp³-hybridized carbons (Fsp3) is 0.538. The molecule has 1 heterocycles. The molecule has 0 aliphatic heterocycles. The van der Waals surface area contributed by atoms with Crippen molar-refractivity contribution in [2.45, 2.75) is 32.1 Å². The Morgan fingerprint density at radius 3 is 2.58 bits per heavy atom. The molecule has 1 aromatic heterocycles. The van der Waals surface area contributed by atoms with E-state index in [1.807, 2.05) is 0 Å². The maximum atomic E-state index is 11.9. The third-order valence-corrected chi connectivity index (χ3v) is 4.01. The van der Waals surface area contributed by atoms with E-state index in [9.17, 15) is 14.7 Å². The largest absolute Gasteiger partial charge is 0.481 e. The van der Waals surface area contributed by atoms with Crippen molar-refractivity contribution in [3.8, 4) is 0 Å². The van der Waals surface area contributed by atoms with Crippen LogP contribution < -0.4 is 5.32 Å². The number of rotatable bonds is 4. The summed E-state index contributed by atoms with van der Waals surface area (Å²) in [6, 6.07) is 1.46. The highest BCUT2D eigenvalue weighted by Gasteiger charge is 2.39. The van der Waals surface area contributed by atoms with Gasteiger partial charge in [0.05, 0.1) is 17.2 Å².